The normalized spacial score (nSPS) is 10.7. The second kappa shape index (κ2) is 4.70. The van der Waals surface area contributed by atoms with Gasteiger partial charge in [-0.25, -0.2) is 9.78 Å². The molecule has 0 saturated heterocycles. The maximum atomic E-state index is 12.0. The number of thiocyanates is 1. The standard InChI is InChI=1S/C10H11N5O2S/c1-13-8-7(9(16)14(2)10(13)17)15(6-12-8)3-4-18-5-11/h6H,3-4H2,1-2H3. The number of imidazole rings is 1. The number of nitrogens with zero attached hydrogens (tertiary/aromatic N) is 5. The van der Waals surface area contributed by atoms with Crippen LogP contribution >= 0.6 is 11.8 Å². The van der Waals surface area contributed by atoms with Gasteiger partial charge in [0.05, 0.1) is 6.33 Å². The highest BCUT2D eigenvalue weighted by Crippen LogP contribution is 2.07. The number of thioether (sulfide) groups is 1. The van der Waals surface area contributed by atoms with Crippen molar-refractivity contribution in [2.24, 2.45) is 14.1 Å². The molecule has 2 aromatic rings. The fourth-order valence-electron chi connectivity index (χ4n) is 1.76. The monoisotopic (exact) mass is 265 g/mol. The van der Waals surface area contributed by atoms with Crippen molar-refractivity contribution in [1.29, 1.82) is 5.26 Å². The summed E-state index contributed by atoms with van der Waals surface area (Å²) in [6.45, 7) is 0.502. The van der Waals surface area contributed by atoms with E-state index >= 15 is 0 Å². The molecule has 0 spiro atoms. The van der Waals surface area contributed by atoms with Crippen molar-refractivity contribution < 1.29 is 0 Å². The second-order valence-corrected chi connectivity index (χ2v) is 4.64. The van der Waals surface area contributed by atoms with Crippen LogP contribution in [0, 0.1) is 10.7 Å². The quantitative estimate of drug-likeness (QED) is 0.559. The zero-order chi connectivity index (χ0) is 13.3. The average Bonchev–Trinajstić information content (AvgIpc) is 2.78. The van der Waals surface area contributed by atoms with Crippen molar-refractivity contribution in [2.75, 3.05) is 5.75 Å². The van der Waals surface area contributed by atoms with Crippen molar-refractivity contribution >= 4 is 22.9 Å². The van der Waals surface area contributed by atoms with E-state index in [2.05, 4.69) is 4.98 Å². The number of hydrogen-bond donors (Lipinski definition) is 0. The fourth-order valence-corrected chi connectivity index (χ4v) is 2.14. The first kappa shape index (κ1) is 12.4. The van der Waals surface area contributed by atoms with E-state index in [0.29, 0.717) is 23.5 Å². The molecule has 0 N–H and O–H groups in total. The predicted octanol–water partition coefficient (Wildman–Crippen LogP) is -0.352. The van der Waals surface area contributed by atoms with E-state index in [0.717, 1.165) is 16.3 Å². The van der Waals surface area contributed by atoms with Crippen LogP contribution in [0.2, 0.25) is 0 Å². The molecule has 2 aromatic heterocycles. The van der Waals surface area contributed by atoms with E-state index in [-0.39, 0.29) is 5.56 Å². The van der Waals surface area contributed by atoms with E-state index in [1.54, 1.807) is 11.6 Å². The molecule has 0 radical (unpaired) electrons. The van der Waals surface area contributed by atoms with Gasteiger partial charge in [0, 0.05) is 26.4 Å². The molecule has 0 atom stereocenters. The molecule has 0 aliphatic heterocycles. The smallest absolute Gasteiger partial charge is 0.324 e. The van der Waals surface area contributed by atoms with E-state index in [9.17, 15) is 9.59 Å². The first-order valence-corrected chi connectivity index (χ1v) is 6.18. The molecule has 7 nitrogen and oxygen atoms in total. The Morgan fingerprint density at radius 1 is 1.39 bits per heavy atom. The highest BCUT2D eigenvalue weighted by Gasteiger charge is 2.13. The summed E-state index contributed by atoms with van der Waals surface area (Å²) in [6, 6.07) is 0. The molecule has 0 saturated carbocycles. The molecular formula is C10H11N5O2S. The molecule has 0 aliphatic rings. The van der Waals surface area contributed by atoms with Crippen molar-refractivity contribution in [3.05, 3.63) is 27.2 Å². The largest absolute Gasteiger partial charge is 0.332 e. The van der Waals surface area contributed by atoms with Crippen molar-refractivity contribution in [2.45, 2.75) is 6.54 Å². The summed E-state index contributed by atoms with van der Waals surface area (Å²) in [5.41, 5.74) is -0.0140. The first-order valence-electron chi connectivity index (χ1n) is 5.19. The highest BCUT2D eigenvalue weighted by atomic mass is 32.2. The molecule has 8 heteroatoms. The van der Waals surface area contributed by atoms with Gasteiger partial charge < -0.3 is 4.57 Å². The SMILES string of the molecule is Cn1c(=O)c2c(ncn2CCSC#N)n(C)c1=O. The molecule has 0 bridgehead atoms. The van der Waals surface area contributed by atoms with Crippen LogP contribution in [0.3, 0.4) is 0 Å². The molecule has 0 aliphatic carbocycles. The molecule has 2 heterocycles. The lowest BCUT2D eigenvalue weighted by Crippen LogP contribution is -2.37. The first-order chi connectivity index (χ1) is 8.57. The van der Waals surface area contributed by atoms with Gasteiger partial charge in [-0.2, -0.15) is 5.26 Å². The average molecular weight is 265 g/mol. The minimum Gasteiger partial charge on any atom is -0.324 e. The predicted molar refractivity (Wildman–Crippen MR) is 68.3 cm³/mol. The number of aromatic nitrogens is 4. The fraction of sp³-hybridized carbons (Fsp3) is 0.400. The van der Waals surface area contributed by atoms with Gasteiger partial charge in [0.25, 0.3) is 5.56 Å². The molecule has 2 rings (SSSR count). The van der Waals surface area contributed by atoms with Crippen LogP contribution in [-0.2, 0) is 20.6 Å². The van der Waals surface area contributed by atoms with Crippen LogP contribution in [0.4, 0.5) is 0 Å². The third-order valence-corrected chi connectivity index (χ3v) is 3.23. The lowest BCUT2D eigenvalue weighted by Gasteiger charge is -2.05. The van der Waals surface area contributed by atoms with Gasteiger partial charge in [-0.05, 0) is 11.8 Å². The maximum absolute atomic E-state index is 12.0. The van der Waals surface area contributed by atoms with Crippen LogP contribution in [0.1, 0.15) is 0 Å². The summed E-state index contributed by atoms with van der Waals surface area (Å²) in [7, 11) is 3.01. The summed E-state index contributed by atoms with van der Waals surface area (Å²) in [5.74, 6) is 0.563. The summed E-state index contributed by atoms with van der Waals surface area (Å²) in [6.07, 6.45) is 1.52. The van der Waals surface area contributed by atoms with E-state index in [1.165, 1.54) is 17.9 Å². The Balaban J connectivity index is 2.63. The van der Waals surface area contributed by atoms with Gasteiger partial charge in [0.2, 0.25) is 0 Å². The van der Waals surface area contributed by atoms with Crippen molar-refractivity contribution in [3.8, 4) is 5.40 Å². The number of hydrogen-bond acceptors (Lipinski definition) is 5. The Morgan fingerprint density at radius 2 is 2.11 bits per heavy atom. The molecule has 0 amide bonds. The Labute approximate surface area is 106 Å². The number of fused-ring (bicyclic) bond motifs is 1. The molecule has 94 valence electrons. The molecule has 0 aromatic carbocycles. The second-order valence-electron chi connectivity index (χ2n) is 3.76. The summed E-state index contributed by atoms with van der Waals surface area (Å²) in [5, 5.41) is 10.4. The minimum absolute atomic E-state index is 0.366. The number of aryl methyl sites for hydroxylation is 2. The Bertz CT molecular complexity index is 748. The van der Waals surface area contributed by atoms with Crippen LogP contribution in [-0.4, -0.2) is 24.4 Å². The van der Waals surface area contributed by atoms with Crippen LogP contribution in [0.25, 0.3) is 11.2 Å². The molecular weight excluding hydrogens is 254 g/mol. The lowest BCUT2D eigenvalue weighted by atomic mass is 10.5. The topological polar surface area (TPSA) is 85.6 Å². The maximum Gasteiger partial charge on any atom is 0.332 e. The van der Waals surface area contributed by atoms with Gasteiger partial charge in [-0.1, -0.05) is 0 Å². The minimum atomic E-state index is -0.399. The summed E-state index contributed by atoms with van der Waals surface area (Å²) < 4.78 is 4.06. The van der Waals surface area contributed by atoms with Gasteiger partial charge in [0.15, 0.2) is 11.2 Å². The third-order valence-electron chi connectivity index (χ3n) is 2.72. The highest BCUT2D eigenvalue weighted by molar-refractivity contribution is 8.03. The Morgan fingerprint density at radius 3 is 2.78 bits per heavy atom. The van der Waals surface area contributed by atoms with Crippen molar-refractivity contribution in [1.82, 2.24) is 18.7 Å². The van der Waals surface area contributed by atoms with Gasteiger partial charge >= 0.3 is 5.69 Å². The van der Waals surface area contributed by atoms with Gasteiger partial charge in [-0.15, -0.1) is 0 Å². The van der Waals surface area contributed by atoms with Crippen molar-refractivity contribution in [3.63, 3.8) is 0 Å². The zero-order valence-corrected chi connectivity index (χ0v) is 10.8. The van der Waals surface area contributed by atoms with E-state index < -0.39 is 5.69 Å². The number of rotatable bonds is 3. The molecule has 0 unspecified atom stereocenters. The van der Waals surface area contributed by atoms with Crippen LogP contribution in [0.5, 0.6) is 0 Å². The van der Waals surface area contributed by atoms with Crippen LogP contribution < -0.4 is 11.2 Å². The third kappa shape index (κ3) is 1.82. The molecule has 0 fully saturated rings. The molecule has 18 heavy (non-hydrogen) atoms. The van der Waals surface area contributed by atoms with Crippen LogP contribution in [0.15, 0.2) is 15.9 Å². The van der Waals surface area contributed by atoms with E-state index in [4.69, 9.17) is 5.26 Å². The summed E-state index contributed by atoms with van der Waals surface area (Å²) in [4.78, 5) is 27.8. The van der Waals surface area contributed by atoms with E-state index in [1.807, 2.05) is 5.40 Å². The zero-order valence-electron chi connectivity index (χ0n) is 9.95. The lowest BCUT2D eigenvalue weighted by molar-refractivity contribution is 0.700. The number of nitriles is 1. The Kier molecular flexibility index (Phi) is 3.25. The van der Waals surface area contributed by atoms with Gasteiger partial charge in [0.1, 0.15) is 5.40 Å². The summed E-state index contributed by atoms with van der Waals surface area (Å²) >= 11 is 1.11. The van der Waals surface area contributed by atoms with Gasteiger partial charge in [-0.3, -0.25) is 13.9 Å². The Hall–Kier alpha value is -2.01.